The van der Waals surface area contributed by atoms with Crippen LogP contribution in [0.2, 0.25) is 5.02 Å². The Morgan fingerprint density at radius 3 is 2.65 bits per heavy atom. The van der Waals surface area contributed by atoms with Crippen molar-refractivity contribution in [3.05, 3.63) is 46.2 Å². The van der Waals surface area contributed by atoms with Gasteiger partial charge in [-0.2, -0.15) is 0 Å². The molecule has 1 fully saturated rings. The number of fused-ring (bicyclic) bond motifs is 1. The Bertz CT molecular complexity index is 648. The van der Waals surface area contributed by atoms with Gasteiger partial charge in [-0.25, -0.2) is 9.97 Å². The van der Waals surface area contributed by atoms with Gasteiger partial charge in [-0.15, -0.1) is 0 Å². The fourth-order valence-electron chi connectivity index (χ4n) is 2.79. The Hall–Kier alpha value is -1.45. The predicted octanol–water partition coefficient (Wildman–Crippen LogP) is 3.32. The molecule has 1 aromatic carbocycles. The molecule has 0 radical (unpaired) electrons. The molecule has 0 unspecified atom stereocenters. The summed E-state index contributed by atoms with van der Waals surface area (Å²) in [4.78, 5) is 9.64. The second-order valence-electron chi connectivity index (χ2n) is 5.57. The lowest BCUT2D eigenvalue weighted by Crippen LogP contribution is -2.26. The molecule has 4 heteroatoms. The Labute approximate surface area is 123 Å². The van der Waals surface area contributed by atoms with Gasteiger partial charge in [0, 0.05) is 41.6 Å². The summed E-state index contributed by atoms with van der Waals surface area (Å²) >= 11 is 5.96. The SMILES string of the molecule is Clc1ccc(-c2nc3c(c(C4CC4)n2)CNCC3)cc1. The second kappa shape index (κ2) is 4.83. The van der Waals surface area contributed by atoms with E-state index in [-0.39, 0.29) is 0 Å². The van der Waals surface area contributed by atoms with Gasteiger partial charge in [0.15, 0.2) is 5.82 Å². The van der Waals surface area contributed by atoms with E-state index in [1.165, 1.54) is 29.8 Å². The predicted molar refractivity (Wildman–Crippen MR) is 79.9 cm³/mol. The van der Waals surface area contributed by atoms with Crippen LogP contribution in [0.15, 0.2) is 24.3 Å². The molecule has 2 aromatic rings. The standard InChI is InChI=1S/C16H16ClN3/c17-12-5-3-11(4-6-12)16-19-14-7-8-18-9-13(14)15(20-16)10-1-2-10/h3-6,10,18H,1-2,7-9H2. The molecule has 1 aliphatic carbocycles. The highest BCUT2D eigenvalue weighted by atomic mass is 35.5. The molecule has 1 saturated carbocycles. The summed E-state index contributed by atoms with van der Waals surface area (Å²) in [5.74, 6) is 1.50. The van der Waals surface area contributed by atoms with Gasteiger partial charge in [-0.05, 0) is 37.1 Å². The fraction of sp³-hybridized carbons (Fsp3) is 0.375. The molecular formula is C16H16ClN3. The van der Waals surface area contributed by atoms with Crippen molar-refractivity contribution in [3.8, 4) is 11.4 Å². The van der Waals surface area contributed by atoms with Gasteiger partial charge in [0.2, 0.25) is 0 Å². The topological polar surface area (TPSA) is 37.8 Å². The number of nitrogens with zero attached hydrogens (tertiary/aromatic N) is 2. The average molecular weight is 286 g/mol. The third-order valence-corrected chi connectivity index (χ3v) is 4.28. The minimum Gasteiger partial charge on any atom is -0.312 e. The van der Waals surface area contributed by atoms with Gasteiger partial charge < -0.3 is 5.32 Å². The van der Waals surface area contributed by atoms with Gasteiger partial charge in [-0.3, -0.25) is 0 Å². The second-order valence-corrected chi connectivity index (χ2v) is 6.00. The molecule has 3 nitrogen and oxygen atoms in total. The Balaban J connectivity index is 1.83. The Morgan fingerprint density at radius 2 is 1.90 bits per heavy atom. The normalized spacial score (nSPS) is 17.9. The largest absolute Gasteiger partial charge is 0.312 e. The van der Waals surface area contributed by atoms with E-state index >= 15 is 0 Å². The molecule has 0 atom stereocenters. The first-order valence-corrected chi connectivity index (χ1v) is 7.55. The van der Waals surface area contributed by atoms with Crippen LogP contribution in [0.25, 0.3) is 11.4 Å². The van der Waals surface area contributed by atoms with Crippen LogP contribution in [-0.2, 0) is 13.0 Å². The third-order valence-electron chi connectivity index (χ3n) is 4.03. The van der Waals surface area contributed by atoms with Crippen LogP contribution >= 0.6 is 11.6 Å². The molecule has 0 saturated heterocycles. The van der Waals surface area contributed by atoms with Crippen LogP contribution < -0.4 is 5.32 Å². The molecule has 1 aromatic heterocycles. The van der Waals surface area contributed by atoms with E-state index in [4.69, 9.17) is 21.6 Å². The van der Waals surface area contributed by atoms with Crippen molar-refractivity contribution in [1.82, 2.24) is 15.3 Å². The summed E-state index contributed by atoms with van der Waals surface area (Å²) in [7, 11) is 0. The number of benzene rings is 1. The van der Waals surface area contributed by atoms with Crippen molar-refractivity contribution >= 4 is 11.6 Å². The lowest BCUT2D eigenvalue weighted by Gasteiger charge is -2.20. The number of rotatable bonds is 2. The van der Waals surface area contributed by atoms with Crippen LogP contribution in [-0.4, -0.2) is 16.5 Å². The van der Waals surface area contributed by atoms with Crippen LogP contribution in [0.1, 0.15) is 35.7 Å². The average Bonchev–Trinajstić information content (AvgIpc) is 3.31. The minimum absolute atomic E-state index is 0.651. The monoisotopic (exact) mass is 285 g/mol. The quantitative estimate of drug-likeness (QED) is 0.920. The molecule has 4 rings (SSSR count). The van der Waals surface area contributed by atoms with E-state index < -0.39 is 0 Å². The van der Waals surface area contributed by atoms with E-state index in [0.29, 0.717) is 5.92 Å². The lowest BCUT2D eigenvalue weighted by molar-refractivity contribution is 0.617. The fourth-order valence-corrected chi connectivity index (χ4v) is 2.92. The lowest BCUT2D eigenvalue weighted by atomic mass is 10.0. The third kappa shape index (κ3) is 2.21. The van der Waals surface area contributed by atoms with Crippen molar-refractivity contribution in [2.24, 2.45) is 0 Å². The highest BCUT2D eigenvalue weighted by molar-refractivity contribution is 6.30. The number of hydrogen-bond acceptors (Lipinski definition) is 3. The summed E-state index contributed by atoms with van der Waals surface area (Å²) in [5, 5.41) is 4.18. The molecule has 1 aliphatic heterocycles. The molecule has 2 heterocycles. The van der Waals surface area contributed by atoms with Crippen molar-refractivity contribution in [2.45, 2.75) is 31.7 Å². The van der Waals surface area contributed by atoms with Gasteiger partial charge >= 0.3 is 0 Å². The highest BCUT2D eigenvalue weighted by Gasteiger charge is 2.30. The summed E-state index contributed by atoms with van der Waals surface area (Å²) in [5.41, 5.74) is 4.90. The van der Waals surface area contributed by atoms with E-state index in [1.54, 1.807) is 0 Å². The Morgan fingerprint density at radius 1 is 1.10 bits per heavy atom. The zero-order valence-corrected chi connectivity index (χ0v) is 12.0. The van der Waals surface area contributed by atoms with Gasteiger partial charge in [0.1, 0.15) is 0 Å². The van der Waals surface area contributed by atoms with Crippen molar-refractivity contribution in [3.63, 3.8) is 0 Å². The minimum atomic E-state index is 0.651. The summed E-state index contributed by atoms with van der Waals surface area (Å²) < 4.78 is 0. The van der Waals surface area contributed by atoms with Crippen LogP contribution in [0.3, 0.4) is 0 Å². The van der Waals surface area contributed by atoms with Gasteiger partial charge in [0.25, 0.3) is 0 Å². The van der Waals surface area contributed by atoms with E-state index in [0.717, 1.165) is 35.9 Å². The van der Waals surface area contributed by atoms with E-state index in [1.807, 2.05) is 24.3 Å². The first-order valence-electron chi connectivity index (χ1n) is 7.17. The van der Waals surface area contributed by atoms with Gasteiger partial charge in [-0.1, -0.05) is 11.6 Å². The van der Waals surface area contributed by atoms with E-state index in [2.05, 4.69) is 5.32 Å². The molecule has 0 spiro atoms. The number of halogens is 1. The zero-order valence-electron chi connectivity index (χ0n) is 11.2. The van der Waals surface area contributed by atoms with E-state index in [9.17, 15) is 0 Å². The first kappa shape index (κ1) is 12.3. The van der Waals surface area contributed by atoms with Crippen molar-refractivity contribution < 1.29 is 0 Å². The molecule has 20 heavy (non-hydrogen) atoms. The van der Waals surface area contributed by atoms with Crippen LogP contribution in [0.5, 0.6) is 0 Å². The maximum absolute atomic E-state index is 5.96. The molecular weight excluding hydrogens is 270 g/mol. The van der Waals surface area contributed by atoms with Crippen LogP contribution in [0, 0.1) is 0 Å². The van der Waals surface area contributed by atoms with Crippen LogP contribution in [0.4, 0.5) is 0 Å². The van der Waals surface area contributed by atoms with Crippen molar-refractivity contribution in [2.75, 3.05) is 6.54 Å². The molecule has 2 aliphatic rings. The summed E-state index contributed by atoms with van der Waals surface area (Å²) in [6.45, 7) is 1.93. The van der Waals surface area contributed by atoms with Crippen molar-refractivity contribution in [1.29, 1.82) is 0 Å². The van der Waals surface area contributed by atoms with Gasteiger partial charge in [0.05, 0.1) is 11.4 Å². The Kier molecular flexibility index (Phi) is 2.97. The molecule has 0 amide bonds. The molecule has 0 bridgehead atoms. The highest BCUT2D eigenvalue weighted by Crippen LogP contribution is 2.42. The number of nitrogens with one attached hydrogen (secondary N) is 1. The number of hydrogen-bond donors (Lipinski definition) is 1. The number of aromatic nitrogens is 2. The zero-order chi connectivity index (χ0) is 13.5. The maximum atomic E-state index is 5.96. The summed E-state index contributed by atoms with van der Waals surface area (Å²) in [6, 6.07) is 7.81. The molecule has 1 N–H and O–H groups in total. The first-order chi connectivity index (χ1) is 9.81. The molecule has 102 valence electrons. The smallest absolute Gasteiger partial charge is 0.159 e. The summed E-state index contributed by atoms with van der Waals surface area (Å²) in [6.07, 6.45) is 3.53. The maximum Gasteiger partial charge on any atom is 0.159 e.